The maximum atomic E-state index is 12.7. The average Bonchev–Trinajstić information content (AvgIpc) is 3.08. The van der Waals surface area contributed by atoms with Crippen LogP contribution in [0.1, 0.15) is 6.42 Å². The first kappa shape index (κ1) is 15.5. The van der Waals surface area contributed by atoms with Gasteiger partial charge in [0.1, 0.15) is 0 Å². The second kappa shape index (κ2) is 5.64. The summed E-state index contributed by atoms with van der Waals surface area (Å²) >= 11 is 0. The van der Waals surface area contributed by atoms with Crippen LogP contribution in [0.3, 0.4) is 0 Å². The zero-order valence-electron chi connectivity index (χ0n) is 12.8. The number of fused-ring (bicyclic) bond motifs is 1. The molecule has 6 nitrogen and oxygen atoms in total. The molecule has 1 N–H and O–H groups in total. The Morgan fingerprint density at radius 2 is 1.91 bits per heavy atom. The first-order chi connectivity index (χ1) is 10.4. The first-order valence-electron chi connectivity index (χ1n) is 7.44. The van der Waals surface area contributed by atoms with Crippen LogP contribution >= 0.6 is 0 Å². The second-order valence-electron chi connectivity index (χ2n) is 5.99. The van der Waals surface area contributed by atoms with Crippen molar-refractivity contribution in [2.24, 2.45) is 5.92 Å². The molecule has 0 aliphatic carbocycles. The molecule has 1 aromatic carbocycles. The summed E-state index contributed by atoms with van der Waals surface area (Å²) in [7, 11) is 0.1000. The highest BCUT2D eigenvalue weighted by molar-refractivity contribution is 7.89. The number of carbonyl (C=O) groups is 1. The molecule has 2 fully saturated rings. The lowest BCUT2D eigenvalue weighted by Gasteiger charge is -2.25. The van der Waals surface area contributed by atoms with E-state index in [0.717, 1.165) is 0 Å². The Hall–Kier alpha value is -1.44. The molecule has 0 radical (unpaired) electrons. The summed E-state index contributed by atoms with van der Waals surface area (Å²) in [6.45, 7) is 0.936. The van der Waals surface area contributed by atoms with Crippen molar-refractivity contribution < 1.29 is 13.2 Å². The minimum Gasteiger partial charge on any atom is -0.358 e. The number of benzene rings is 1. The summed E-state index contributed by atoms with van der Waals surface area (Å²) in [6.07, 6.45) is 0.710. The highest BCUT2D eigenvalue weighted by Crippen LogP contribution is 2.36. The van der Waals surface area contributed by atoms with Crippen LogP contribution in [0.5, 0.6) is 0 Å². The summed E-state index contributed by atoms with van der Waals surface area (Å²) in [5.41, 5.74) is 0. The molecule has 3 atom stereocenters. The third-order valence-electron chi connectivity index (χ3n) is 4.84. The van der Waals surface area contributed by atoms with E-state index in [0.29, 0.717) is 24.4 Å². The number of hydrogen-bond acceptors (Lipinski definition) is 4. The van der Waals surface area contributed by atoms with Crippen molar-refractivity contribution in [3.05, 3.63) is 30.3 Å². The lowest BCUT2D eigenvalue weighted by molar-refractivity contribution is -0.125. The largest absolute Gasteiger partial charge is 0.358 e. The number of nitrogens with one attached hydrogen (secondary N) is 1. The van der Waals surface area contributed by atoms with E-state index in [-0.39, 0.29) is 23.9 Å². The van der Waals surface area contributed by atoms with Crippen LogP contribution in [0.25, 0.3) is 0 Å². The van der Waals surface area contributed by atoms with Gasteiger partial charge in [0, 0.05) is 26.2 Å². The van der Waals surface area contributed by atoms with Crippen LogP contribution in [0, 0.1) is 5.92 Å². The zero-order valence-corrected chi connectivity index (χ0v) is 13.6. The van der Waals surface area contributed by atoms with Crippen molar-refractivity contribution in [3.8, 4) is 0 Å². The topological polar surface area (TPSA) is 69.7 Å². The molecule has 7 heteroatoms. The molecule has 0 aromatic heterocycles. The summed E-state index contributed by atoms with van der Waals surface area (Å²) in [6, 6.07) is 8.48. The summed E-state index contributed by atoms with van der Waals surface area (Å²) in [5, 5.41) is 2.68. The maximum absolute atomic E-state index is 12.7. The van der Waals surface area contributed by atoms with Crippen LogP contribution in [0.15, 0.2) is 35.2 Å². The molecule has 2 heterocycles. The number of nitrogens with zero attached hydrogens (tertiary/aromatic N) is 2. The maximum Gasteiger partial charge on any atom is 0.243 e. The zero-order chi connectivity index (χ0) is 15.9. The van der Waals surface area contributed by atoms with Crippen LogP contribution in [0.4, 0.5) is 0 Å². The van der Waals surface area contributed by atoms with E-state index in [2.05, 4.69) is 5.32 Å². The smallest absolute Gasteiger partial charge is 0.243 e. The summed E-state index contributed by atoms with van der Waals surface area (Å²) in [4.78, 5) is 14.2. The van der Waals surface area contributed by atoms with E-state index >= 15 is 0 Å². The van der Waals surface area contributed by atoms with Crippen molar-refractivity contribution in [2.45, 2.75) is 23.4 Å². The molecule has 0 saturated carbocycles. The van der Waals surface area contributed by atoms with Crippen molar-refractivity contribution in [2.75, 3.05) is 27.2 Å². The van der Waals surface area contributed by atoms with Gasteiger partial charge in [-0.3, -0.25) is 9.69 Å². The van der Waals surface area contributed by atoms with Gasteiger partial charge in [0.25, 0.3) is 0 Å². The molecule has 1 amide bonds. The predicted octanol–water partition coefficient (Wildman–Crippen LogP) is 0.126. The number of carbonyl (C=O) groups excluding carboxylic acids is 1. The Bertz CT molecular complexity index is 662. The van der Waals surface area contributed by atoms with Gasteiger partial charge in [-0.2, -0.15) is 4.31 Å². The highest BCUT2D eigenvalue weighted by atomic mass is 32.2. The number of sulfonamides is 1. The Kier molecular flexibility index (Phi) is 3.96. The SMILES string of the molecule is CNC(=O)[C@H]1C[C@@H]2CN(S(=O)(=O)c3ccccc3)C[C@@H]2N1C. The van der Waals surface area contributed by atoms with E-state index in [1.807, 2.05) is 11.9 Å². The Balaban J connectivity index is 1.77. The van der Waals surface area contributed by atoms with Gasteiger partial charge in [-0.25, -0.2) is 8.42 Å². The van der Waals surface area contributed by atoms with E-state index < -0.39 is 10.0 Å². The van der Waals surface area contributed by atoms with Gasteiger partial charge in [-0.15, -0.1) is 0 Å². The van der Waals surface area contributed by atoms with Crippen LogP contribution in [-0.2, 0) is 14.8 Å². The van der Waals surface area contributed by atoms with Crippen molar-refractivity contribution in [1.82, 2.24) is 14.5 Å². The lowest BCUT2D eigenvalue weighted by Crippen LogP contribution is -2.45. The summed E-state index contributed by atoms with van der Waals surface area (Å²) < 4.78 is 26.9. The average molecular weight is 323 g/mol. The van der Waals surface area contributed by atoms with Gasteiger partial charge in [-0.1, -0.05) is 18.2 Å². The van der Waals surface area contributed by atoms with E-state index in [9.17, 15) is 13.2 Å². The Morgan fingerprint density at radius 1 is 1.23 bits per heavy atom. The van der Waals surface area contributed by atoms with Gasteiger partial charge in [0.2, 0.25) is 15.9 Å². The standard InChI is InChI=1S/C15H21N3O3S/c1-16-15(19)13-8-11-9-18(10-14(11)17(13)2)22(20,21)12-6-4-3-5-7-12/h3-7,11,13-14H,8-10H2,1-2H3,(H,16,19)/t11-,13-,14+/m1/s1. The number of likely N-dealkylation sites (tertiary alicyclic amines) is 1. The number of likely N-dealkylation sites (N-methyl/N-ethyl adjacent to an activating group) is 2. The predicted molar refractivity (Wildman–Crippen MR) is 82.7 cm³/mol. The molecule has 0 unspecified atom stereocenters. The molecule has 0 spiro atoms. The Morgan fingerprint density at radius 3 is 2.50 bits per heavy atom. The van der Waals surface area contributed by atoms with E-state index in [1.165, 1.54) is 0 Å². The fourth-order valence-corrected chi connectivity index (χ4v) is 5.12. The second-order valence-corrected chi connectivity index (χ2v) is 7.93. The molecule has 2 aliphatic heterocycles. The molecule has 22 heavy (non-hydrogen) atoms. The highest BCUT2D eigenvalue weighted by Gasteiger charge is 2.49. The third-order valence-corrected chi connectivity index (χ3v) is 6.69. The molecular weight excluding hydrogens is 302 g/mol. The normalized spacial score (nSPS) is 29.5. The monoisotopic (exact) mass is 323 g/mol. The van der Waals surface area contributed by atoms with Crippen LogP contribution in [-0.4, -0.2) is 62.8 Å². The number of amides is 1. The first-order valence-corrected chi connectivity index (χ1v) is 8.88. The lowest BCUT2D eigenvalue weighted by atomic mass is 10.0. The molecular formula is C15H21N3O3S. The summed E-state index contributed by atoms with van der Waals surface area (Å²) in [5.74, 6) is 0.222. The van der Waals surface area contributed by atoms with Gasteiger partial charge >= 0.3 is 0 Å². The molecule has 1 aromatic rings. The van der Waals surface area contributed by atoms with Crippen molar-refractivity contribution >= 4 is 15.9 Å². The van der Waals surface area contributed by atoms with Gasteiger partial charge in [-0.05, 0) is 31.5 Å². The quantitative estimate of drug-likeness (QED) is 0.858. The molecule has 2 aliphatic rings. The molecule has 2 saturated heterocycles. The fourth-order valence-electron chi connectivity index (χ4n) is 3.59. The third kappa shape index (κ3) is 2.43. The van der Waals surface area contributed by atoms with Crippen molar-refractivity contribution in [1.29, 1.82) is 0 Å². The minimum atomic E-state index is -3.44. The molecule has 120 valence electrons. The Labute approximate surface area is 131 Å². The molecule has 3 rings (SSSR count). The van der Waals surface area contributed by atoms with Crippen LogP contribution in [0.2, 0.25) is 0 Å². The molecule has 0 bridgehead atoms. The fraction of sp³-hybridized carbons (Fsp3) is 0.533. The van der Waals surface area contributed by atoms with E-state index in [1.54, 1.807) is 41.7 Å². The number of rotatable bonds is 3. The van der Waals surface area contributed by atoms with Gasteiger partial charge in [0.05, 0.1) is 10.9 Å². The van der Waals surface area contributed by atoms with Crippen molar-refractivity contribution in [3.63, 3.8) is 0 Å². The van der Waals surface area contributed by atoms with E-state index in [4.69, 9.17) is 0 Å². The number of hydrogen-bond donors (Lipinski definition) is 1. The van der Waals surface area contributed by atoms with Gasteiger partial charge < -0.3 is 5.32 Å². The minimum absolute atomic E-state index is 0.00867. The van der Waals surface area contributed by atoms with Crippen LogP contribution < -0.4 is 5.32 Å². The van der Waals surface area contributed by atoms with Gasteiger partial charge in [0.15, 0.2) is 0 Å².